The molecule has 1 rings (SSSR count). The van der Waals surface area contributed by atoms with E-state index < -0.39 is 0 Å². The maximum Gasteiger partial charge on any atom is 0.129 e. The van der Waals surface area contributed by atoms with Gasteiger partial charge in [0.2, 0.25) is 0 Å². The topological polar surface area (TPSA) is 38.0 Å². The summed E-state index contributed by atoms with van der Waals surface area (Å²) in [6.07, 6.45) is 6.97. The molecule has 18 heavy (non-hydrogen) atoms. The molecule has 100 valence electrons. The lowest BCUT2D eigenvalue weighted by Crippen LogP contribution is -2.28. The second-order valence-electron chi connectivity index (χ2n) is 4.31. The van der Waals surface area contributed by atoms with Gasteiger partial charge >= 0.3 is 0 Å². The summed E-state index contributed by atoms with van der Waals surface area (Å²) in [6, 6.07) is 4.53. The number of halogens is 2. The lowest BCUT2D eigenvalue weighted by Gasteiger charge is -2.17. The van der Waals surface area contributed by atoms with Crippen molar-refractivity contribution in [1.82, 2.24) is 5.43 Å². The molecule has 0 saturated heterocycles. The van der Waals surface area contributed by atoms with Gasteiger partial charge in [-0.25, -0.2) is 4.39 Å². The van der Waals surface area contributed by atoms with Crippen LogP contribution in [-0.4, -0.2) is 0 Å². The molecule has 1 aromatic carbocycles. The highest BCUT2D eigenvalue weighted by Gasteiger charge is 2.14. The molecule has 0 aliphatic heterocycles. The van der Waals surface area contributed by atoms with Gasteiger partial charge in [-0.15, -0.1) is 6.58 Å². The molecule has 1 atom stereocenters. The van der Waals surface area contributed by atoms with Gasteiger partial charge in [0.1, 0.15) is 5.82 Å². The summed E-state index contributed by atoms with van der Waals surface area (Å²) in [5, 5.41) is 0.401. The average Bonchev–Trinajstić information content (AvgIpc) is 2.35. The Morgan fingerprint density at radius 2 is 2.17 bits per heavy atom. The molecule has 0 fully saturated rings. The SMILES string of the molecule is C=CCCCCCC(NN)c1ccc(Cl)cc1F. The molecule has 1 aromatic rings. The number of hydrogen-bond acceptors (Lipinski definition) is 2. The third kappa shape index (κ3) is 4.77. The van der Waals surface area contributed by atoms with Gasteiger partial charge in [-0.3, -0.25) is 11.3 Å². The molecule has 1 unspecified atom stereocenters. The zero-order chi connectivity index (χ0) is 13.4. The summed E-state index contributed by atoms with van der Waals surface area (Å²) < 4.78 is 13.7. The zero-order valence-electron chi connectivity index (χ0n) is 10.5. The van der Waals surface area contributed by atoms with Crippen molar-refractivity contribution in [2.75, 3.05) is 0 Å². The molecule has 0 radical (unpaired) electrons. The highest BCUT2D eigenvalue weighted by Crippen LogP contribution is 2.24. The largest absolute Gasteiger partial charge is 0.271 e. The van der Waals surface area contributed by atoms with E-state index in [1.54, 1.807) is 12.1 Å². The molecule has 0 aliphatic rings. The summed E-state index contributed by atoms with van der Waals surface area (Å²) in [5.74, 6) is 5.18. The Balaban J connectivity index is 2.52. The van der Waals surface area contributed by atoms with Gasteiger partial charge in [-0.2, -0.15) is 0 Å². The summed E-state index contributed by atoms with van der Waals surface area (Å²) in [5.41, 5.74) is 3.24. The number of nitrogens with two attached hydrogens (primary N) is 1. The summed E-state index contributed by atoms with van der Waals surface area (Å²) in [4.78, 5) is 0. The monoisotopic (exact) mass is 270 g/mol. The summed E-state index contributed by atoms with van der Waals surface area (Å²) in [6.45, 7) is 3.68. The number of rotatable bonds is 8. The number of allylic oxidation sites excluding steroid dienone is 1. The van der Waals surface area contributed by atoms with Crippen LogP contribution in [0.3, 0.4) is 0 Å². The molecule has 4 heteroatoms. The van der Waals surface area contributed by atoms with Gasteiger partial charge in [-0.1, -0.05) is 36.6 Å². The first-order valence-corrected chi connectivity index (χ1v) is 6.58. The van der Waals surface area contributed by atoms with Crippen molar-refractivity contribution in [1.29, 1.82) is 0 Å². The van der Waals surface area contributed by atoms with E-state index >= 15 is 0 Å². The van der Waals surface area contributed by atoms with Crippen molar-refractivity contribution in [2.24, 2.45) is 5.84 Å². The summed E-state index contributed by atoms with van der Waals surface area (Å²) in [7, 11) is 0. The van der Waals surface area contributed by atoms with E-state index in [-0.39, 0.29) is 11.9 Å². The number of benzene rings is 1. The lowest BCUT2D eigenvalue weighted by atomic mass is 10.00. The minimum Gasteiger partial charge on any atom is -0.271 e. The quantitative estimate of drug-likeness (QED) is 0.323. The molecular weight excluding hydrogens is 251 g/mol. The van der Waals surface area contributed by atoms with E-state index in [9.17, 15) is 4.39 Å². The summed E-state index contributed by atoms with van der Waals surface area (Å²) >= 11 is 5.73. The molecule has 0 aliphatic carbocycles. The highest BCUT2D eigenvalue weighted by atomic mass is 35.5. The van der Waals surface area contributed by atoms with Gasteiger partial charge in [0, 0.05) is 16.6 Å². The van der Waals surface area contributed by atoms with Crippen LogP contribution in [0.5, 0.6) is 0 Å². The molecule has 3 N–H and O–H groups in total. The molecule has 2 nitrogen and oxygen atoms in total. The van der Waals surface area contributed by atoms with E-state index in [1.165, 1.54) is 6.07 Å². The van der Waals surface area contributed by atoms with E-state index in [0.29, 0.717) is 10.6 Å². The predicted octanol–water partition coefficient (Wildman–Crippen LogP) is 4.12. The van der Waals surface area contributed by atoms with E-state index in [0.717, 1.165) is 32.1 Å². The van der Waals surface area contributed by atoms with Gasteiger partial charge in [0.15, 0.2) is 0 Å². The maximum atomic E-state index is 13.7. The zero-order valence-corrected chi connectivity index (χ0v) is 11.2. The minimum atomic E-state index is -0.309. The fourth-order valence-electron chi connectivity index (χ4n) is 1.93. The molecular formula is C14H20ClFN2. The Labute approximate surface area is 113 Å². The van der Waals surface area contributed by atoms with E-state index in [4.69, 9.17) is 17.4 Å². The Kier molecular flexibility index (Phi) is 6.94. The van der Waals surface area contributed by atoms with Gasteiger partial charge < -0.3 is 0 Å². The Hall–Kier alpha value is -0.900. The van der Waals surface area contributed by atoms with Crippen LogP contribution in [0.4, 0.5) is 4.39 Å². The minimum absolute atomic E-state index is 0.161. The van der Waals surface area contributed by atoms with Crippen LogP contribution in [0, 0.1) is 5.82 Å². The van der Waals surface area contributed by atoms with Gasteiger partial charge in [-0.05, 0) is 31.4 Å². The molecule has 0 spiro atoms. The molecule has 0 aromatic heterocycles. The van der Waals surface area contributed by atoms with Gasteiger partial charge in [0.05, 0.1) is 0 Å². The number of unbranched alkanes of at least 4 members (excludes halogenated alkanes) is 3. The van der Waals surface area contributed by atoms with Crippen LogP contribution < -0.4 is 11.3 Å². The second-order valence-corrected chi connectivity index (χ2v) is 4.75. The Morgan fingerprint density at radius 3 is 2.78 bits per heavy atom. The first-order valence-electron chi connectivity index (χ1n) is 6.21. The lowest BCUT2D eigenvalue weighted by molar-refractivity contribution is 0.462. The van der Waals surface area contributed by atoms with Crippen LogP contribution in [0.1, 0.15) is 43.7 Å². The van der Waals surface area contributed by atoms with Crippen molar-refractivity contribution in [3.05, 3.63) is 47.3 Å². The standard InChI is InChI=1S/C14H20ClFN2/c1-2-3-4-5-6-7-14(18-17)12-9-8-11(15)10-13(12)16/h2,8-10,14,18H,1,3-7,17H2. The first kappa shape index (κ1) is 15.2. The normalized spacial score (nSPS) is 12.4. The molecule has 0 bridgehead atoms. The average molecular weight is 271 g/mol. The van der Waals surface area contributed by atoms with E-state index in [1.807, 2.05) is 6.08 Å². The van der Waals surface area contributed by atoms with Crippen molar-refractivity contribution < 1.29 is 4.39 Å². The van der Waals surface area contributed by atoms with Crippen molar-refractivity contribution in [3.63, 3.8) is 0 Å². The Morgan fingerprint density at radius 1 is 1.39 bits per heavy atom. The number of nitrogens with one attached hydrogen (secondary N) is 1. The number of hydrazine groups is 1. The van der Waals surface area contributed by atoms with Crippen LogP contribution in [0.2, 0.25) is 5.02 Å². The van der Waals surface area contributed by atoms with Crippen molar-refractivity contribution in [2.45, 2.75) is 38.1 Å². The third-order valence-corrected chi connectivity index (χ3v) is 3.18. The van der Waals surface area contributed by atoms with Crippen LogP contribution in [-0.2, 0) is 0 Å². The van der Waals surface area contributed by atoms with Crippen molar-refractivity contribution >= 4 is 11.6 Å². The van der Waals surface area contributed by atoms with Crippen molar-refractivity contribution in [3.8, 4) is 0 Å². The fraction of sp³-hybridized carbons (Fsp3) is 0.429. The third-order valence-electron chi connectivity index (χ3n) is 2.94. The molecule has 0 saturated carbocycles. The Bertz CT molecular complexity index is 382. The predicted molar refractivity (Wildman–Crippen MR) is 74.8 cm³/mol. The number of hydrogen-bond donors (Lipinski definition) is 2. The van der Waals surface area contributed by atoms with Gasteiger partial charge in [0.25, 0.3) is 0 Å². The van der Waals surface area contributed by atoms with Crippen LogP contribution in [0.15, 0.2) is 30.9 Å². The highest BCUT2D eigenvalue weighted by molar-refractivity contribution is 6.30. The van der Waals surface area contributed by atoms with Crippen LogP contribution in [0.25, 0.3) is 0 Å². The molecule has 0 heterocycles. The first-order chi connectivity index (χ1) is 8.69. The fourth-order valence-corrected chi connectivity index (χ4v) is 2.09. The smallest absolute Gasteiger partial charge is 0.129 e. The van der Waals surface area contributed by atoms with E-state index in [2.05, 4.69) is 12.0 Å². The van der Waals surface area contributed by atoms with Crippen LogP contribution >= 0.6 is 11.6 Å². The maximum absolute atomic E-state index is 13.7. The second kappa shape index (κ2) is 8.25. The molecule has 0 amide bonds.